The van der Waals surface area contributed by atoms with E-state index in [1.165, 1.54) is 0 Å². The molecule has 20 heavy (non-hydrogen) atoms. The minimum Gasteiger partial charge on any atom is -0.383 e. The monoisotopic (exact) mass is 280 g/mol. The van der Waals surface area contributed by atoms with E-state index in [0.29, 0.717) is 12.5 Å². The zero-order valence-electron chi connectivity index (χ0n) is 13.2. The molecular formula is C15H28N4O. The number of ether oxygens (including phenoxy) is 1. The van der Waals surface area contributed by atoms with Gasteiger partial charge in [-0.1, -0.05) is 20.8 Å². The molecule has 1 N–H and O–H groups in total. The standard InChI is InChI=1S/C15H28N4O/c1-5-6-16-9-14-10-17-11-15(18-14)19(7-8-20-4)12-13(2)3/h10-11,13,16H,5-9,12H2,1-4H3. The molecule has 114 valence electrons. The Morgan fingerprint density at radius 3 is 2.80 bits per heavy atom. The number of nitrogens with one attached hydrogen (secondary N) is 1. The summed E-state index contributed by atoms with van der Waals surface area (Å²) in [5.74, 6) is 1.52. The maximum absolute atomic E-state index is 5.18. The Morgan fingerprint density at radius 2 is 2.15 bits per heavy atom. The summed E-state index contributed by atoms with van der Waals surface area (Å²) in [6.07, 6.45) is 4.79. The molecule has 0 aromatic carbocycles. The van der Waals surface area contributed by atoms with Gasteiger partial charge in [-0.2, -0.15) is 0 Å². The maximum atomic E-state index is 5.18. The average Bonchev–Trinajstić information content (AvgIpc) is 2.44. The van der Waals surface area contributed by atoms with E-state index in [4.69, 9.17) is 9.72 Å². The second-order valence-electron chi connectivity index (χ2n) is 5.38. The first kappa shape index (κ1) is 16.9. The van der Waals surface area contributed by atoms with E-state index in [1.807, 2.05) is 12.4 Å². The molecule has 0 fully saturated rings. The molecule has 0 atom stereocenters. The van der Waals surface area contributed by atoms with Crippen LogP contribution in [-0.4, -0.2) is 43.3 Å². The third-order valence-electron chi connectivity index (χ3n) is 2.88. The van der Waals surface area contributed by atoms with Gasteiger partial charge in [-0.15, -0.1) is 0 Å². The van der Waals surface area contributed by atoms with Crippen molar-refractivity contribution in [3.63, 3.8) is 0 Å². The fourth-order valence-corrected chi connectivity index (χ4v) is 1.97. The zero-order chi connectivity index (χ0) is 14.8. The van der Waals surface area contributed by atoms with Gasteiger partial charge in [-0.05, 0) is 18.9 Å². The number of hydrogen-bond donors (Lipinski definition) is 1. The van der Waals surface area contributed by atoms with Crippen molar-refractivity contribution in [1.29, 1.82) is 0 Å². The van der Waals surface area contributed by atoms with Crippen LogP contribution in [0.2, 0.25) is 0 Å². The van der Waals surface area contributed by atoms with E-state index < -0.39 is 0 Å². The van der Waals surface area contributed by atoms with Gasteiger partial charge in [0, 0.05) is 32.9 Å². The predicted octanol–water partition coefficient (Wildman–Crippen LogP) is 2.08. The molecule has 1 heterocycles. The molecule has 1 aromatic heterocycles. The van der Waals surface area contributed by atoms with Gasteiger partial charge in [0.2, 0.25) is 0 Å². The van der Waals surface area contributed by atoms with Gasteiger partial charge in [0.1, 0.15) is 5.82 Å². The van der Waals surface area contributed by atoms with Gasteiger partial charge in [-0.3, -0.25) is 4.98 Å². The highest BCUT2D eigenvalue weighted by molar-refractivity contribution is 5.36. The van der Waals surface area contributed by atoms with E-state index in [-0.39, 0.29) is 0 Å². The summed E-state index contributed by atoms with van der Waals surface area (Å²) in [5.41, 5.74) is 0.988. The molecule has 0 spiro atoms. The lowest BCUT2D eigenvalue weighted by Crippen LogP contribution is -2.32. The summed E-state index contributed by atoms with van der Waals surface area (Å²) in [6.45, 7) is 10.9. The fourth-order valence-electron chi connectivity index (χ4n) is 1.97. The van der Waals surface area contributed by atoms with E-state index in [2.05, 4.69) is 36.0 Å². The van der Waals surface area contributed by atoms with Crippen molar-refractivity contribution >= 4 is 5.82 Å². The van der Waals surface area contributed by atoms with Crippen molar-refractivity contribution in [2.45, 2.75) is 33.7 Å². The number of anilines is 1. The molecule has 5 nitrogen and oxygen atoms in total. The molecule has 0 bridgehead atoms. The average molecular weight is 280 g/mol. The van der Waals surface area contributed by atoms with Gasteiger partial charge in [0.15, 0.2) is 0 Å². The van der Waals surface area contributed by atoms with E-state index in [1.54, 1.807) is 7.11 Å². The third kappa shape index (κ3) is 6.30. The molecule has 0 aliphatic heterocycles. The van der Waals surface area contributed by atoms with Crippen molar-refractivity contribution in [3.05, 3.63) is 18.1 Å². The van der Waals surface area contributed by atoms with Crippen LogP contribution in [0.5, 0.6) is 0 Å². The largest absolute Gasteiger partial charge is 0.383 e. The Labute approximate surface area is 122 Å². The second kappa shape index (κ2) is 9.66. The van der Waals surface area contributed by atoms with E-state index in [0.717, 1.165) is 44.1 Å². The summed E-state index contributed by atoms with van der Waals surface area (Å²) in [6, 6.07) is 0. The van der Waals surface area contributed by atoms with Crippen molar-refractivity contribution in [2.24, 2.45) is 5.92 Å². The topological polar surface area (TPSA) is 50.3 Å². The Kier molecular flexibility index (Phi) is 8.14. The lowest BCUT2D eigenvalue weighted by Gasteiger charge is -2.25. The van der Waals surface area contributed by atoms with Gasteiger partial charge in [0.25, 0.3) is 0 Å². The normalized spacial score (nSPS) is 11.1. The summed E-state index contributed by atoms with van der Waals surface area (Å²) < 4.78 is 5.18. The van der Waals surface area contributed by atoms with Crippen LogP contribution in [0.3, 0.4) is 0 Å². The van der Waals surface area contributed by atoms with Crippen LogP contribution in [0.25, 0.3) is 0 Å². The van der Waals surface area contributed by atoms with Gasteiger partial charge in [-0.25, -0.2) is 4.98 Å². The van der Waals surface area contributed by atoms with E-state index in [9.17, 15) is 0 Å². The van der Waals surface area contributed by atoms with Crippen LogP contribution in [0.1, 0.15) is 32.9 Å². The fraction of sp³-hybridized carbons (Fsp3) is 0.733. The minimum atomic E-state index is 0.579. The highest BCUT2D eigenvalue weighted by Gasteiger charge is 2.11. The first-order valence-corrected chi connectivity index (χ1v) is 7.42. The van der Waals surface area contributed by atoms with Crippen molar-refractivity contribution in [3.8, 4) is 0 Å². The number of nitrogens with zero attached hydrogens (tertiary/aromatic N) is 3. The van der Waals surface area contributed by atoms with Crippen molar-refractivity contribution in [2.75, 3.05) is 38.3 Å². The number of rotatable bonds is 10. The molecule has 0 aliphatic rings. The second-order valence-corrected chi connectivity index (χ2v) is 5.38. The molecule has 0 amide bonds. The Morgan fingerprint density at radius 1 is 1.35 bits per heavy atom. The molecule has 1 aromatic rings. The highest BCUT2D eigenvalue weighted by Crippen LogP contribution is 2.12. The first-order chi connectivity index (χ1) is 9.67. The smallest absolute Gasteiger partial charge is 0.147 e. The third-order valence-corrected chi connectivity index (χ3v) is 2.88. The summed E-state index contributed by atoms with van der Waals surface area (Å²) in [5, 5.41) is 3.36. The Balaban J connectivity index is 2.70. The molecule has 0 saturated heterocycles. The van der Waals surface area contributed by atoms with Crippen LogP contribution >= 0.6 is 0 Å². The highest BCUT2D eigenvalue weighted by atomic mass is 16.5. The quantitative estimate of drug-likeness (QED) is 0.665. The molecule has 0 aliphatic carbocycles. The van der Waals surface area contributed by atoms with Crippen LogP contribution in [-0.2, 0) is 11.3 Å². The molecule has 0 unspecified atom stereocenters. The minimum absolute atomic E-state index is 0.579. The summed E-state index contributed by atoms with van der Waals surface area (Å²) in [4.78, 5) is 11.3. The van der Waals surface area contributed by atoms with Crippen LogP contribution in [0.4, 0.5) is 5.82 Å². The molecule has 0 radical (unpaired) electrons. The molecular weight excluding hydrogens is 252 g/mol. The van der Waals surface area contributed by atoms with Gasteiger partial charge < -0.3 is 15.0 Å². The predicted molar refractivity (Wildman–Crippen MR) is 83.0 cm³/mol. The van der Waals surface area contributed by atoms with Crippen LogP contribution < -0.4 is 10.2 Å². The van der Waals surface area contributed by atoms with Gasteiger partial charge in [0.05, 0.1) is 18.5 Å². The van der Waals surface area contributed by atoms with Crippen molar-refractivity contribution in [1.82, 2.24) is 15.3 Å². The molecule has 5 heteroatoms. The lowest BCUT2D eigenvalue weighted by atomic mass is 10.2. The lowest BCUT2D eigenvalue weighted by molar-refractivity contribution is 0.204. The van der Waals surface area contributed by atoms with E-state index >= 15 is 0 Å². The molecule has 0 saturated carbocycles. The van der Waals surface area contributed by atoms with Crippen molar-refractivity contribution < 1.29 is 4.74 Å². The SMILES string of the molecule is CCCNCc1cncc(N(CCOC)CC(C)C)n1. The number of hydrogen-bond acceptors (Lipinski definition) is 5. The number of methoxy groups -OCH3 is 1. The van der Waals surface area contributed by atoms with Gasteiger partial charge >= 0.3 is 0 Å². The maximum Gasteiger partial charge on any atom is 0.147 e. The Hall–Kier alpha value is -1.20. The van der Waals surface area contributed by atoms with Crippen LogP contribution in [0, 0.1) is 5.92 Å². The number of aromatic nitrogens is 2. The molecule has 1 rings (SSSR count). The Bertz CT molecular complexity index is 371. The van der Waals surface area contributed by atoms with Crippen LogP contribution in [0.15, 0.2) is 12.4 Å². The summed E-state index contributed by atoms with van der Waals surface area (Å²) >= 11 is 0. The zero-order valence-corrected chi connectivity index (χ0v) is 13.2. The summed E-state index contributed by atoms with van der Waals surface area (Å²) in [7, 11) is 1.73. The first-order valence-electron chi connectivity index (χ1n) is 7.42.